The second kappa shape index (κ2) is 12.1. The van der Waals surface area contributed by atoms with Crippen molar-refractivity contribution in [1.29, 1.82) is 0 Å². The predicted molar refractivity (Wildman–Crippen MR) is 163 cm³/mol. The molecule has 2 amide bonds. The molecule has 6 rings (SSSR count). The van der Waals surface area contributed by atoms with Crippen LogP contribution in [-0.4, -0.2) is 72.1 Å². The van der Waals surface area contributed by atoms with Crippen molar-refractivity contribution in [2.24, 2.45) is 34.8 Å². The number of carbonyl (C=O) groups excluding carboxylic acids is 2. The highest BCUT2D eigenvalue weighted by atomic mass is 16.7. The zero-order valence-electron chi connectivity index (χ0n) is 26.0. The lowest BCUT2D eigenvalue weighted by atomic mass is 9.45. The van der Waals surface area contributed by atoms with Crippen molar-refractivity contribution >= 4 is 11.8 Å². The minimum atomic E-state index is -0.831. The van der Waals surface area contributed by atoms with Crippen LogP contribution in [0, 0.1) is 29.1 Å². The maximum atomic E-state index is 14.0. The number of phenols is 1. The van der Waals surface area contributed by atoms with Gasteiger partial charge in [0.1, 0.15) is 17.5 Å². The van der Waals surface area contributed by atoms with E-state index in [2.05, 4.69) is 31.4 Å². The SMILES string of the molecule is CNC(=O)c1cccc(-c2cccc(CN3O[C@@H](CN)[C@H]([C@H](C)O)[C@H]3C(=O)N[C@H]3C[C@H]4C[C@@H]([C@@H]3C)C4(C)C)c2OC)c1O. The summed E-state index contributed by atoms with van der Waals surface area (Å²) in [7, 11) is 3.04. The molecular formula is C33H46N4O6. The molecule has 4 fully saturated rings. The summed E-state index contributed by atoms with van der Waals surface area (Å²) in [4.78, 5) is 32.6. The van der Waals surface area contributed by atoms with Gasteiger partial charge in [-0.25, -0.2) is 0 Å². The van der Waals surface area contributed by atoms with E-state index in [9.17, 15) is 19.8 Å². The highest BCUT2D eigenvalue weighted by Crippen LogP contribution is 2.61. The molecule has 0 unspecified atom stereocenters. The van der Waals surface area contributed by atoms with E-state index in [1.54, 1.807) is 36.3 Å². The summed E-state index contributed by atoms with van der Waals surface area (Å²) in [5, 5.41) is 29.3. The van der Waals surface area contributed by atoms with Crippen LogP contribution in [0.3, 0.4) is 0 Å². The van der Waals surface area contributed by atoms with E-state index in [1.165, 1.54) is 20.6 Å². The number of aromatic hydroxyl groups is 1. The van der Waals surface area contributed by atoms with Crippen LogP contribution in [-0.2, 0) is 16.2 Å². The molecule has 10 nitrogen and oxygen atoms in total. The molecule has 0 radical (unpaired) electrons. The van der Waals surface area contributed by atoms with Crippen molar-refractivity contribution in [2.45, 2.75) is 71.4 Å². The average Bonchev–Trinajstić information content (AvgIpc) is 3.36. The van der Waals surface area contributed by atoms with Crippen molar-refractivity contribution in [2.75, 3.05) is 20.7 Å². The van der Waals surface area contributed by atoms with Gasteiger partial charge in [-0.1, -0.05) is 51.1 Å². The molecule has 43 heavy (non-hydrogen) atoms. The first-order valence-corrected chi connectivity index (χ1v) is 15.3. The number of nitrogens with two attached hydrogens (primary N) is 1. The van der Waals surface area contributed by atoms with Crippen molar-refractivity contribution < 1.29 is 29.4 Å². The van der Waals surface area contributed by atoms with Crippen LogP contribution >= 0.6 is 0 Å². The number of aliphatic hydroxyl groups is 1. The fraction of sp³-hybridized carbons (Fsp3) is 0.576. The third-order valence-electron chi connectivity index (χ3n) is 10.5. The van der Waals surface area contributed by atoms with Gasteiger partial charge in [0, 0.05) is 42.2 Å². The normalized spacial score (nSPS) is 30.3. The molecule has 3 saturated carbocycles. The zero-order chi connectivity index (χ0) is 31.2. The zero-order valence-corrected chi connectivity index (χ0v) is 26.0. The quantitative estimate of drug-likeness (QED) is 0.298. The average molecular weight is 595 g/mol. The van der Waals surface area contributed by atoms with Gasteiger partial charge in [0.25, 0.3) is 5.91 Å². The lowest BCUT2D eigenvalue weighted by molar-refractivity contribution is -0.175. The van der Waals surface area contributed by atoms with Crippen LogP contribution in [0.4, 0.5) is 0 Å². The van der Waals surface area contributed by atoms with E-state index in [0.29, 0.717) is 45.6 Å². The highest BCUT2D eigenvalue weighted by Gasteiger charge is 2.57. The van der Waals surface area contributed by atoms with E-state index in [-0.39, 0.29) is 36.4 Å². The Labute approximate surface area is 253 Å². The molecule has 6 N–H and O–H groups in total. The summed E-state index contributed by atoms with van der Waals surface area (Å²) >= 11 is 0. The first-order chi connectivity index (χ1) is 20.4. The van der Waals surface area contributed by atoms with Crippen molar-refractivity contribution in [3.63, 3.8) is 0 Å². The van der Waals surface area contributed by atoms with Gasteiger partial charge in [0.2, 0.25) is 5.91 Å². The largest absolute Gasteiger partial charge is 0.506 e. The molecule has 234 valence electrons. The number of para-hydroxylation sites is 2. The molecule has 1 aliphatic heterocycles. The molecule has 1 saturated heterocycles. The van der Waals surface area contributed by atoms with Gasteiger partial charge >= 0.3 is 0 Å². The molecule has 2 bridgehead atoms. The Morgan fingerprint density at radius 2 is 1.88 bits per heavy atom. The van der Waals surface area contributed by atoms with Crippen LogP contribution in [0.2, 0.25) is 0 Å². The number of aliphatic hydroxyl groups excluding tert-OH is 1. The van der Waals surface area contributed by atoms with Crippen LogP contribution in [0.15, 0.2) is 36.4 Å². The minimum absolute atomic E-state index is 0.0612. The number of amides is 2. The Kier molecular flexibility index (Phi) is 8.77. The fourth-order valence-corrected chi connectivity index (χ4v) is 7.94. The number of phenolic OH excluding ortho intramolecular Hbond substituents is 1. The van der Waals surface area contributed by atoms with E-state index in [4.69, 9.17) is 15.3 Å². The maximum Gasteiger partial charge on any atom is 0.254 e. The lowest BCUT2D eigenvalue weighted by Gasteiger charge is -2.62. The molecular weight excluding hydrogens is 548 g/mol. The second-order valence-electron chi connectivity index (χ2n) is 13.1. The van der Waals surface area contributed by atoms with Crippen LogP contribution in [0.5, 0.6) is 11.5 Å². The number of carbonyl (C=O) groups is 2. The van der Waals surface area contributed by atoms with Gasteiger partial charge in [0.05, 0.1) is 31.4 Å². The number of hydrogen-bond acceptors (Lipinski definition) is 8. The summed E-state index contributed by atoms with van der Waals surface area (Å²) in [6.07, 6.45) is 0.776. The molecule has 10 heteroatoms. The molecule has 2 aromatic rings. The van der Waals surface area contributed by atoms with Crippen LogP contribution < -0.4 is 21.1 Å². The van der Waals surface area contributed by atoms with Crippen molar-refractivity contribution in [3.8, 4) is 22.6 Å². The number of hydroxylamine groups is 2. The fourth-order valence-electron chi connectivity index (χ4n) is 7.94. The third kappa shape index (κ3) is 5.39. The van der Waals surface area contributed by atoms with Crippen LogP contribution in [0.25, 0.3) is 11.1 Å². The van der Waals surface area contributed by atoms with Gasteiger partial charge in [-0.05, 0) is 49.0 Å². The van der Waals surface area contributed by atoms with E-state index in [0.717, 1.165) is 6.42 Å². The summed E-state index contributed by atoms with van der Waals surface area (Å²) < 4.78 is 5.85. The van der Waals surface area contributed by atoms with Gasteiger partial charge in [-0.2, -0.15) is 5.06 Å². The van der Waals surface area contributed by atoms with E-state index >= 15 is 0 Å². The Morgan fingerprint density at radius 3 is 2.49 bits per heavy atom. The summed E-state index contributed by atoms with van der Waals surface area (Å²) in [6, 6.07) is 9.76. The Hall–Kier alpha value is -3.18. The molecule has 4 aliphatic rings. The van der Waals surface area contributed by atoms with Gasteiger partial charge in [-0.15, -0.1) is 0 Å². The molecule has 0 spiro atoms. The number of hydrogen-bond donors (Lipinski definition) is 5. The first-order valence-electron chi connectivity index (χ1n) is 15.3. The highest BCUT2D eigenvalue weighted by molar-refractivity contribution is 5.99. The van der Waals surface area contributed by atoms with Crippen LogP contribution in [0.1, 0.15) is 56.5 Å². The summed E-state index contributed by atoms with van der Waals surface area (Å²) in [6.45, 7) is 8.88. The molecule has 3 aliphatic carbocycles. The lowest BCUT2D eigenvalue weighted by Crippen LogP contribution is -2.62. The monoisotopic (exact) mass is 594 g/mol. The number of fused-ring (bicyclic) bond motifs is 2. The molecule has 1 heterocycles. The Bertz CT molecular complexity index is 1360. The smallest absolute Gasteiger partial charge is 0.254 e. The van der Waals surface area contributed by atoms with Gasteiger partial charge in [0.15, 0.2) is 0 Å². The number of nitrogens with one attached hydrogen (secondary N) is 2. The maximum absolute atomic E-state index is 14.0. The van der Waals surface area contributed by atoms with Gasteiger partial charge < -0.3 is 31.3 Å². The molecule has 8 atom stereocenters. The first kappa shape index (κ1) is 31.3. The molecule has 2 aromatic carbocycles. The second-order valence-corrected chi connectivity index (χ2v) is 13.1. The van der Waals surface area contributed by atoms with Crippen molar-refractivity contribution in [3.05, 3.63) is 47.5 Å². The number of nitrogens with zero attached hydrogens (tertiary/aromatic N) is 1. The standard InChI is InChI=1S/C33H46N4O6/c1-17-24-13-20(33(24,3)4)14-25(17)36-32(41)28-27(18(2)38)26(15-34)43-37(28)16-19-9-7-11-22(30(19)42-6)21-10-8-12-23(29(21)39)31(40)35-5/h7-12,17-18,20,24-28,38-39H,13-16,34H2,1-6H3,(H,35,40)(H,36,41)/t17-,18-,20+,24-,25-,26-,27-,28-/m0/s1. The molecule has 0 aromatic heterocycles. The predicted octanol–water partition coefficient (Wildman–Crippen LogP) is 3.05. The van der Waals surface area contributed by atoms with E-state index in [1.807, 2.05) is 12.1 Å². The van der Waals surface area contributed by atoms with Gasteiger partial charge in [-0.3, -0.25) is 14.4 Å². The third-order valence-corrected chi connectivity index (χ3v) is 10.5. The number of methoxy groups -OCH3 is 1. The van der Waals surface area contributed by atoms with Crippen molar-refractivity contribution in [1.82, 2.24) is 15.7 Å². The minimum Gasteiger partial charge on any atom is -0.506 e. The summed E-state index contributed by atoms with van der Waals surface area (Å²) in [5.41, 5.74) is 8.26. The topological polar surface area (TPSA) is 146 Å². The number of benzene rings is 2. The summed E-state index contributed by atoms with van der Waals surface area (Å²) in [5.74, 6) is 0.715. The number of ether oxygens (including phenoxy) is 1. The Balaban J connectivity index is 1.45. The number of rotatable bonds is 9. The van der Waals surface area contributed by atoms with E-state index < -0.39 is 30.1 Å². The Morgan fingerprint density at radius 1 is 1.19 bits per heavy atom.